The fraction of sp³-hybridized carbons (Fsp3) is 0.357. The van der Waals surface area contributed by atoms with Crippen molar-refractivity contribution in [2.75, 3.05) is 25.6 Å². The van der Waals surface area contributed by atoms with E-state index < -0.39 is 0 Å². The van der Waals surface area contributed by atoms with Crippen molar-refractivity contribution in [2.24, 2.45) is 0 Å². The zero-order valence-electron chi connectivity index (χ0n) is 11.8. The summed E-state index contributed by atoms with van der Waals surface area (Å²) in [6.07, 6.45) is 0.885. The maximum atomic E-state index is 5.91. The molecule has 1 aromatic carbocycles. The van der Waals surface area contributed by atoms with Crippen LogP contribution in [0.3, 0.4) is 0 Å². The number of hydrogen-bond donors (Lipinski definition) is 0. The molecule has 0 aliphatic heterocycles. The molecule has 0 amide bonds. The van der Waals surface area contributed by atoms with Gasteiger partial charge < -0.3 is 9.64 Å². The lowest BCUT2D eigenvalue weighted by Gasteiger charge is -2.12. The fourth-order valence-electron chi connectivity index (χ4n) is 1.63. The summed E-state index contributed by atoms with van der Waals surface area (Å²) in [5.41, 5.74) is 1.98. The molecule has 1 heterocycles. The zero-order valence-corrected chi connectivity index (χ0v) is 12.6. The van der Waals surface area contributed by atoms with E-state index in [2.05, 4.69) is 15.0 Å². The van der Waals surface area contributed by atoms with E-state index in [1.165, 1.54) is 0 Å². The Morgan fingerprint density at radius 3 is 2.40 bits per heavy atom. The van der Waals surface area contributed by atoms with E-state index in [0.29, 0.717) is 12.4 Å². The highest BCUT2D eigenvalue weighted by atomic mass is 35.5. The van der Waals surface area contributed by atoms with E-state index in [1.54, 1.807) is 0 Å². The Morgan fingerprint density at radius 1 is 1.10 bits per heavy atom. The molecule has 6 heteroatoms. The van der Waals surface area contributed by atoms with E-state index in [0.717, 1.165) is 17.7 Å². The van der Waals surface area contributed by atoms with Crippen molar-refractivity contribution in [1.29, 1.82) is 0 Å². The van der Waals surface area contributed by atoms with E-state index >= 15 is 0 Å². The largest absolute Gasteiger partial charge is 0.463 e. The molecule has 1 aromatic heterocycles. The predicted octanol–water partition coefficient (Wildman–Crippen LogP) is 3.05. The monoisotopic (exact) mass is 292 g/mol. The summed E-state index contributed by atoms with van der Waals surface area (Å²) in [6.45, 7) is 2.57. The van der Waals surface area contributed by atoms with Crippen LogP contribution in [-0.2, 0) is 0 Å². The van der Waals surface area contributed by atoms with E-state index in [-0.39, 0.29) is 11.3 Å². The lowest BCUT2D eigenvalue weighted by molar-refractivity contribution is 0.291. The third-order valence-electron chi connectivity index (χ3n) is 2.66. The first kappa shape index (κ1) is 14.5. The quantitative estimate of drug-likeness (QED) is 0.848. The smallest absolute Gasteiger partial charge is 0.321 e. The Morgan fingerprint density at radius 2 is 1.80 bits per heavy atom. The number of halogens is 1. The van der Waals surface area contributed by atoms with Gasteiger partial charge in [0.15, 0.2) is 5.82 Å². The lowest BCUT2D eigenvalue weighted by atomic mass is 10.2. The van der Waals surface area contributed by atoms with Crippen LogP contribution in [0.15, 0.2) is 24.3 Å². The molecule has 106 valence electrons. The summed E-state index contributed by atoms with van der Waals surface area (Å²) in [4.78, 5) is 14.4. The van der Waals surface area contributed by atoms with Gasteiger partial charge in [0.1, 0.15) is 0 Å². The van der Waals surface area contributed by atoms with Crippen molar-refractivity contribution in [3.63, 3.8) is 0 Å². The average molecular weight is 293 g/mol. The fourth-order valence-corrected chi connectivity index (χ4v) is 1.78. The molecule has 20 heavy (non-hydrogen) atoms. The van der Waals surface area contributed by atoms with Gasteiger partial charge in [-0.05, 0) is 42.3 Å². The van der Waals surface area contributed by atoms with Gasteiger partial charge in [0.2, 0.25) is 5.28 Å². The standard InChI is InChI=1S/C14H17ClN4O/c1-4-9-20-14-17-12(16-13(15)18-14)10-5-7-11(8-6-10)19(2)3/h5-8H,4,9H2,1-3H3. The van der Waals surface area contributed by atoms with Gasteiger partial charge in [-0.3, -0.25) is 0 Å². The Kier molecular flexibility index (Phi) is 4.74. The zero-order chi connectivity index (χ0) is 14.5. The van der Waals surface area contributed by atoms with Crippen LogP contribution in [0, 0.1) is 0 Å². The molecule has 0 unspecified atom stereocenters. The predicted molar refractivity (Wildman–Crippen MR) is 80.4 cm³/mol. The lowest BCUT2D eigenvalue weighted by Crippen LogP contribution is -2.08. The molecule has 0 aliphatic carbocycles. The number of aromatic nitrogens is 3. The minimum atomic E-state index is 0.137. The van der Waals surface area contributed by atoms with Crippen LogP contribution in [0.1, 0.15) is 13.3 Å². The van der Waals surface area contributed by atoms with Crippen LogP contribution in [0.4, 0.5) is 5.69 Å². The first-order chi connectivity index (χ1) is 9.60. The molecule has 0 saturated carbocycles. The average Bonchev–Trinajstić information content (AvgIpc) is 2.44. The molecule has 0 fully saturated rings. The summed E-state index contributed by atoms with van der Waals surface area (Å²) in [5, 5.41) is 0.137. The molecule has 0 radical (unpaired) electrons. The van der Waals surface area contributed by atoms with Crippen molar-refractivity contribution < 1.29 is 4.74 Å². The first-order valence-electron chi connectivity index (χ1n) is 6.42. The van der Waals surface area contributed by atoms with Crippen LogP contribution in [0.5, 0.6) is 6.01 Å². The molecular weight excluding hydrogens is 276 g/mol. The molecule has 0 N–H and O–H groups in total. The maximum absolute atomic E-state index is 5.91. The molecule has 0 saturated heterocycles. The summed E-state index contributed by atoms with van der Waals surface area (Å²) in [6, 6.07) is 8.16. The van der Waals surface area contributed by atoms with Crippen LogP contribution in [0.25, 0.3) is 11.4 Å². The molecule has 0 bridgehead atoms. The number of hydrogen-bond acceptors (Lipinski definition) is 5. The second-order valence-corrected chi connectivity index (χ2v) is 4.84. The Hall–Kier alpha value is -1.88. The third kappa shape index (κ3) is 3.57. The van der Waals surface area contributed by atoms with Crippen molar-refractivity contribution >= 4 is 17.3 Å². The minimum Gasteiger partial charge on any atom is -0.463 e. The van der Waals surface area contributed by atoms with Gasteiger partial charge >= 0.3 is 6.01 Å². The molecule has 5 nitrogen and oxygen atoms in total. The van der Waals surface area contributed by atoms with Crippen LogP contribution >= 0.6 is 11.6 Å². The van der Waals surface area contributed by atoms with Crippen LogP contribution in [-0.4, -0.2) is 35.7 Å². The first-order valence-corrected chi connectivity index (χ1v) is 6.80. The summed E-state index contributed by atoms with van der Waals surface area (Å²) < 4.78 is 5.41. The molecule has 0 spiro atoms. The number of anilines is 1. The van der Waals surface area contributed by atoms with Gasteiger partial charge in [-0.25, -0.2) is 0 Å². The van der Waals surface area contributed by atoms with Gasteiger partial charge in [0, 0.05) is 25.3 Å². The van der Waals surface area contributed by atoms with Gasteiger partial charge in [0.25, 0.3) is 0 Å². The van der Waals surface area contributed by atoms with E-state index in [9.17, 15) is 0 Å². The van der Waals surface area contributed by atoms with Crippen molar-refractivity contribution in [3.05, 3.63) is 29.5 Å². The number of rotatable bonds is 5. The Balaban J connectivity index is 2.29. The number of ether oxygens (including phenoxy) is 1. The highest BCUT2D eigenvalue weighted by molar-refractivity contribution is 6.28. The van der Waals surface area contributed by atoms with Gasteiger partial charge in [0.05, 0.1) is 6.61 Å². The highest BCUT2D eigenvalue weighted by Gasteiger charge is 2.08. The summed E-state index contributed by atoms with van der Waals surface area (Å²) in [7, 11) is 3.98. The molecule has 0 aliphatic rings. The maximum Gasteiger partial charge on any atom is 0.321 e. The van der Waals surface area contributed by atoms with E-state index in [4.69, 9.17) is 16.3 Å². The minimum absolute atomic E-state index is 0.137. The number of nitrogens with zero attached hydrogens (tertiary/aromatic N) is 4. The SMILES string of the molecule is CCCOc1nc(Cl)nc(-c2ccc(N(C)C)cc2)n1. The Labute approximate surface area is 123 Å². The van der Waals surface area contributed by atoms with Crippen molar-refractivity contribution in [3.8, 4) is 17.4 Å². The van der Waals surface area contributed by atoms with Crippen LogP contribution < -0.4 is 9.64 Å². The van der Waals surface area contributed by atoms with Gasteiger partial charge in [-0.1, -0.05) is 6.92 Å². The molecule has 0 atom stereocenters. The highest BCUT2D eigenvalue weighted by Crippen LogP contribution is 2.21. The van der Waals surface area contributed by atoms with Crippen molar-refractivity contribution in [2.45, 2.75) is 13.3 Å². The second kappa shape index (κ2) is 6.52. The van der Waals surface area contributed by atoms with Gasteiger partial charge in [-0.15, -0.1) is 0 Å². The van der Waals surface area contributed by atoms with Gasteiger partial charge in [-0.2, -0.15) is 15.0 Å². The topological polar surface area (TPSA) is 51.1 Å². The molecule has 2 aromatic rings. The molecule has 2 rings (SSSR count). The normalized spacial score (nSPS) is 10.4. The third-order valence-corrected chi connectivity index (χ3v) is 2.83. The summed E-state index contributed by atoms with van der Waals surface area (Å²) >= 11 is 5.91. The number of benzene rings is 1. The Bertz CT molecular complexity index is 572. The second-order valence-electron chi connectivity index (χ2n) is 4.50. The van der Waals surface area contributed by atoms with Crippen molar-refractivity contribution in [1.82, 2.24) is 15.0 Å². The van der Waals surface area contributed by atoms with Crippen LogP contribution in [0.2, 0.25) is 5.28 Å². The summed E-state index contributed by atoms with van der Waals surface area (Å²) in [5.74, 6) is 0.515. The molecular formula is C14H17ClN4O. The van der Waals surface area contributed by atoms with E-state index in [1.807, 2.05) is 50.2 Å².